The van der Waals surface area contributed by atoms with Gasteiger partial charge in [-0.3, -0.25) is 14.7 Å². The number of aromatic nitrogens is 2. The number of ketones is 1. The molecule has 1 saturated heterocycles. The van der Waals surface area contributed by atoms with E-state index in [0.29, 0.717) is 35.1 Å². The summed E-state index contributed by atoms with van der Waals surface area (Å²) in [7, 11) is 0. The Morgan fingerprint density at radius 3 is 2.89 bits per heavy atom. The molecule has 27 heavy (non-hydrogen) atoms. The second-order valence-corrected chi connectivity index (χ2v) is 8.29. The van der Waals surface area contributed by atoms with Crippen LogP contribution in [0.5, 0.6) is 0 Å². The largest absolute Gasteiger partial charge is 0.326 e. The Bertz CT molecular complexity index is 832. The smallest absolute Gasteiger partial charge is 0.322 e. The molecule has 0 bridgehead atoms. The van der Waals surface area contributed by atoms with Crippen LogP contribution in [-0.4, -0.2) is 46.3 Å². The van der Waals surface area contributed by atoms with E-state index in [1.54, 1.807) is 11.1 Å². The molecule has 4 rings (SSSR count). The van der Waals surface area contributed by atoms with Crippen molar-refractivity contribution < 1.29 is 9.59 Å². The van der Waals surface area contributed by atoms with Gasteiger partial charge in [-0.1, -0.05) is 30.2 Å². The van der Waals surface area contributed by atoms with Crippen LogP contribution in [0.4, 0.5) is 9.93 Å². The fourth-order valence-corrected chi connectivity index (χ4v) is 4.42. The van der Waals surface area contributed by atoms with Crippen LogP contribution in [-0.2, 0) is 6.42 Å². The van der Waals surface area contributed by atoms with Crippen LogP contribution in [0.2, 0.25) is 0 Å². The maximum atomic E-state index is 12.7. The van der Waals surface area contributed by atoms with E-state index in [2.05, 4.69) is 9.97 Å². The summed E-state index contributed by atoms with van der Waals surface area (Å²) in [5.41, 5.74) is 1.62. The molecule has 1 aliphatic heterocycles. The number of Topliss-reactive ketones (excluding diaryl/α,β-unsaturated/α-hetero) is 1. The Balaban J connectivity index is 1.38. The summed E-state index contributed by atoms with van der Waals surface area (Å²) >= 11 is 1.34. The predicted molar refractivity (Wildman–Crippen MR) is 105 cm³/mol. The van der Waals surface area contributed by atoms with Gasteiger partial charge in [0.05, 0.1) is 10.6 Å². The summed E-state index contributed by atoms with van der Waals surface area (Å²) in [5, 5.41) is 0.646. The van der Waals surface area contributed by atoms with Crippen molar-refractivity contribution in [2.75, 3.05) is 24.5 Å². The Morgan fingerprint density at radius 2 is 2.15 bits per heavy atom. The third-order valence-corrected chi connectivity index (χ3v) is 6.42. The highest BCUT2D eigenvalue weighted by Gasteiger charge is 2.33. The lowest BCUT2D eigenvalue weighted by atomic mass is 10.1. The van der Waals surface area contributed by atoms with Crippen LogP contribution in [0.1, 0.15) is 46.7 Å². The van der Waals surface area contributed by atoms with E-state index >= 15 is 0 Å². The molecule has 0 N–H and O–H groups in total. The molecular weight excluding hydrogens is 360 g/mol. The minimum atomic E-state index is 0.0249. The van der Waals surface area contributed by atoms with Crippen LogP contribution >= 0.6 is 11.3 Å². The molecule has 1 aliphatic carbocycles. The predicted octanol–water partition coefficient (Wildman–Crippen LogP) is 3.70. The van der Waals surface area contributed by atoms with Gasteiger partial charge in [0.1, 0.15) is 0 Å². The van der Waals surface area contributed by atoms with Crippen LogP contribution in [0, 0.1) is 12.8 Å². The molecule has 0 atom stereocenters. The Kier molecular flexibility index (Phi) is 5.20. The molecule has 6 nitrogen and oxygen atoms in total. The molecule has 0 aromatic carbocycles. The fourth-order valence-electron chi connectivity index (χ4n) is 3.37. The lowest BCUT2D eigenvalue weighted by Crippen LogP contribution is -2.32. The maximum absolute atomic E-state index is 12.7. The zero-order chi connectivity index (χ0) is 18.8. The number of carbonyl (C=O) groups excluding carboxylic acids is 2. The molecule has 142 valence electrons. The van der Waals surface area contributed by atoms with Crippen LogP contribution in [0.25, 0.3) is 0 Å². The number of pyridine rings is 1. The molecule has 2 aromatic rings. The van der Waals surface area contributed by atoms with Gasteiger partial charge in [0.15, 0.2) is 10.9 Å². The van der Waals surface area contributed by atoms with Crippen molar-refractivity contribution in [3.05, 3.63) is 40.7 Å². The average Bonchev–Trinajstić information content (AvgIpc) is 3.33. The molecule has 2 amide bonds. The number of carbonyl (C=O) groups is 2. The summed E-state index contributed by atoms with van der Waals surface area (Å²) in [6, 6.07) is 5.75. The van der Waals surface area contributed by atoms with E-state index in [1.165, 1.54) is 24.2 Å². The number of aryl methyl sites for hydroxylation is 2. The van der Waals surface area contributed by atoms with Gasteiger partial charge in [0, 0.05) is 37.9 Å². The quantitative estimate of drug-likeness (QED) is 0.651. The van der Waals surface area contributed by atoms with E-state index in [9.17, 15) is 9.59 Å². The van der Waals surface area contributed by atoms with E-state index in [1.807, 2.05) is 30.0 Å². The average molecular weight is 385 g/mol. The SMILES string of the molecule is Cc1nc(N2CCN(CCC3CC3)C2=O)sc1C(=O)CCc1ccccn1. The van der Waals surface area contributed by atoms with Crippen LogP contribution < -0.4 is 4.90 Å². The Labute approximate surface area is 163 Å². The zero-order valence-electron chi connectivity index (χ0n) is 15.6. The van der Waals surface area contributed by atoms with Gasteiger partial charge in [-0.15, -0.1) is 0 Å². The topological polar surface area (TPSA) is 66.4 Å². The molecule has 3 heterocycles. The van der Waals surface area contributed by atoms with Gasteiger partial charge in [0.25, 0.3) is 0 Å². The summed E-state index contributed by atoms with van der Waals surface area (Å²) in [4.78, 5) is 38.4. The standard InChI is InChI=1S/C20H24N4O2S/c1-14-18(17(25)8-7-16-4-2-3-10-21-16)27-19(22-14)24-13-12-23(20(24)26)11-9-15-5-6-15/h2-4,10,15H,5-9,11-13H2,1H3. The van der Waals surface area contributed by atoms with Gasteiger partial charge in [-0.05, 0) is 37.8 Å². The van der Waals surface area contributed by atoms with Crippen LogP contribution in [0.3, 0.4) is 0 Å². The number of hydrogen-bond acceptors (Lipinski definition) is 5. The molecule has 0 spiro atoms. The minimum absolute atomic E-state index is 0.0249. The number of hydrogen-bond donors (Lipinski definition) is 0. The van der Waals surface area contributed by atoms with Crippen molar-refractivity contribution in [1.82, 2.24) is 14.9 Å². The molecule has 2 aromatic heterocycles. The van der Waals surface area contributed by atoms with E-state index in [-0.39, 0.29) is 11.8 Å². The van der Waals surface area contributed by atoms with Crippen molar-refractivity contribution in [2.45, 2.75) is 39.0 Å². The number of rotatable bonds is 8. The lowest BCUT2D eigenvalue weighted by Gasteiger charge is -2.16. The van der Waals surface area contributed by atoms with Gasteiger partial charge < -0.3 is 4.90 Å². The van der Waals surface area contributed by atoms with E-state index in [4.69, 9.17) is 0 Å². The van der Waals surface area contributed by atoms with Gasteiger partial charge in [-0.25, -0.2) is 9.78 Å². The second kappa shape index (κ2) is 7.76. The van der Waals surface area contributed by atoms with Crippen LogP contribution in [0.15, 0.2) is 24.4 Å². The fraction of sp³-hybridized carbons (Fsp3) is 0.500. The summed E-state index contributed by atoms with van der Waals surface area (Å²) in [6.07, 6.45) is 6.48. The molecule has 0 radical (unpaired) electrons. The normalized spacial score (nSPS) is 17.0. The first kappa shape index (κ1) is 18.1. The molecule has 2 aliphatic rings. The van der Waals surface area contributed by atoms with Crippen molar-refractivity contribution >= 4 is 28.3 Å². The number of nitrogens with zero attached hydrogens (tertiary/aromatic N) is 4. The lowest BCUT2D eigenvalue weighted by molar-refractivity contribution is 0.0985. The van der Waals surface area contributed by atoms with Gasteiger partial charge >= 0.3 is 6.03 Å². The van der Waals surface area contributed by atoms with Gasteiger partial charge in [0.2, 0.25) is 0 Å². The summed E-state index contributed by atoms with van der Waals surface area (Å²) in [5.74, 6) is 0.886. The highest BCUT2D eigenvalue weighted by Crippen LogP contribution is 2.34. The highest BCUT2D eigenvalue weighted by molar-refractivity contribution is 7.17. The second-order valence-electron chi connectivity index (χ2n) is 7.31. The molecule has 2 fully saturated rings. The maximum Gasteiger partial charge on any atom is 0.326 e. The van der Waals surface area contributed by atoms with Gasteiger partial charge in [-0.2, -0.15) is 0 Å². The van der Waals surface area contributed by atoms with E-state index in [0.717, 1.165) is 31.1 Å². The number of anilines is 1. The van der Waals surface area contributed by atoms with Crippen molar-refractivity contribution in [1.29, 1.82) is 0 Å². The van der Waals surface area contributed by atoms with Crippen molar-refractivity contribution in [3.8, 4) is 0 Å². The Morgan fingerprint density at radius 1 is 1.30 bits per heavy atom. The third kappa shape index (κ3) is 4.18. The minimum Gasteiger partial charge on any atom is -0.322 e. The van der Waals surface area contributed by atoms with E-state index < -0.39 is 0 Å². The van der Waals surface area contributed by atoms with Crippen molar-refractivity contribution in [2.24, 2.45) is 5.92 Å². The number of amides is 2. The summed E-state index contributed by atoms with van der Waals surface area (Å²) in [6.45, 7) is 4.07. The zero-order valence-corrected chi connectivity index (χ0v) is 16.4. The first-order valence-electron chi connectivity index (χ1n) is 9.59. The third-order valence-electron chi connectivity index (χ3n) is 5.20. The molecular formula is C20H24N4O2S. The Hall–Kier alpha value is -2.28. The summed E-state index contributed by atoms with van der Waals surface area (Å²) < 4.78 is 0. The molecule has 7 heteroatoms. The van der Waals surface area contributed by atoms with Crippen molar-refractivity contribution in [3.63, 3.8) is 0 Å². The monoisotopic (exact) mass is 384 g/mol. The first-order valence-corrected chi connectivity index (χ1v) is 10.4. The first-order chi connectivity index (χ1) is 13.1. The number of thiazole rings is 1. The molecule has 0 unspecified atom stereocenters. The molecule has 1 saturated carbocycles. The number of urea groups is 1. The highest BCUT2D eigenvalue weighted by atomic mass is 32.1.